The third kappa shape index (κ3) is 4.75. The molecular formula is C22H20ClFN4O2S. The first-order chi connectivity index (χ1) is 14.9. The number of rotatable bonds is 6. The number of carbonyl (C=O) groups is 2. The van der Waals surface area contributed by atoms with Crippen LogP contribution in [0.4, 0.5) is 15.2 Å². The van der Waals surface area contributed by atoms with Gasteiger partial charge in [-0.15, -0.1) is 10.2 Å². The Kier molecular flexibility index (Phi) is 6.29. The van der Waals surface area contributed by atoms with E-state index in [2.05, 4.69) is 22.4 Å². The summed E-state index contributed by atoms with van der Waals surface area (Å²) in [6.07, 6.45) is 1.08. The molecule has 1 aromatic heterocycles. The lowest BCUT2D eigenvalue weighted by Gasteiger charge is -2.16. The topological polar surface area (TPSA) is 75.2 Å². The molecule has 0 saturated carbocycles. The van der Waals surface area contributed by atoms with Gasteiger partial charge in [-0.2, -0.15) is 0 Å². The Morgan fingerprint density at radius 3 is 2.74 bits per heavy atom. The third-order valence-electron chi connectivity index (χ3n) is 5.22. The van der Waals surface area contributed by atoms with E-state index in [1.807, 2.05) is 24.3 Å². The van der Waals surface area contributed by atoms with Crippen molar-refractivity contribution in [1.82, 2.24) is 10.2 Å². The summed E-state index contributed by atoms with van der Waals surface area (Å²) < 4.78 is 13.9. The van der Waals surface area contributed by atoms with Crippen LogP contribution < -0.4 is 10.2 Å². The van der Waals surface area contributed by atoms with Crippen molar-refractivity contribution in [2.45, 2.75) is 32.1 Å². The maximum Gasteiger partial charge on any atom is 0.230 e. The van der Waals surface area contributed by atoms with E-state index in [4.69, 9.17) is 11.6 Å². The van der Waals surface area contributed by atoms with Gasteiger partial charge in [-0.05, 0) is 36.2 Å². The Morgan fingerprint density at radius 1 is 1.26 bits per heavy atom. The standard InChI is InChI=1S/C22H20ClFN4O2S/c1-2-13-6-8-15(9-7-13)28-12-14(10-20(28)30)21-26-27-22(31-21)25-19(29)11-16-17(23)4-3-5-18(16)24/h3-9,14H,2,10-12H2,1H3,(H,25,27,29). The van der Waals surface area contributed by atoms with Crippen molar-refractivity contribution in [2.75, 3.05) is 16.8 Å². The Balaban J connectivity index is 1.40. The van der Waals surface area contributed by atoms with Crippen molar-refractivity contribution in [2.24, 2.45) is 0 Å². The number of nitrogens with zero attached hydrogens (tertiary/aromatic N) is 3. The van der Waals surface area contributed by atoms with E-state index < -0.39 is 11.7 Å². The molecule has 1 N–H and O–H groups in total. The largest absolute Gasteiger partial charge is 0.312 e. The Labute approximate surface area is 188 Å². The lowest BCUT2D eigenvalue weighted by Crippen LogP contribution is -2.24. The van der Waals surface area contributed by atoms with Crippen molar-refractivity contribution in [3.63, 3.8) is 0 Å². The molecule has 31 heavy (non-hydrogen) atoms. The van der Waals surface area contributed by atoms with Crippen LogP contribution in [0.3, 0.4) is 0 Å². The molecule has 1 aliphatic rings. The second-order valence-electron chi connectivity index (χ2n) is 7.30. The SMILES string of the molecule is CCc1ccc(N2CC(c3nnc(NC(=O)Cc4c(F)cccc4Cl)s3)CC2=O)cc1. The van der Waals surface area contributed by atoms with Gasteiger partial charge < -0.3 is 10.2 Å². The predicted octanol–water partition coefficient (Wildman–Crippen LogP) is 4.59. The average molecular weight is 459 g/mol. The van der Waals surface area contributed by atoms with Gasteiger partial charge in [0.05, 0.1) is 6.42 Å². The summed E-state index contributed by atoms with van der Waals surface area (Å²) in [5.41, 5.74) is 2.22. The molecule has 9 heteroatoms. The maximum absolute atomic E-state index is 13.9. The number of aryl methyl sites for hydroxylation is 1. The van der Waals surface area contributed by atoms with Crippen LogP contribution in [0.25, 0.3) is 0 Å². The number of nitrogens with one attached hydrogen (secondary N) is 1. The number of amides is 2. The van der Waals surface area contributed by atoms with E-state index >= 15 is 0 Å². The van der Waals surface area contributed by atoms with Crippen molar-refractivity contribution < 1.29 is 14.0 Å². The van der Waals surface area contributed by atoms with Crippen molar-refractivity contribution in [3.05, 3.63) is 69.4 Å². The number of hydrogen-bond donors (Lipinski definition) is 1. The van der Waals surface area contributed by atoms with Crippen molar-refractivity contribution in [1.29, 1.82) is 0 Å². The molecule has 6 nitrogen and oxygen atoms in total. The quantitative estimate of drug-likeness (QED) is 0.586. The smallest absolute Gasteiger partial charge is 0.230 e. The number of halogens is 2. The molecule has 1 fully saturated rings. The highest BCUT2D eigenvalue weighted by molar-refractivity contribution is 7.15. The molecule has 160 valence electrons. The second-order valence-corrected chi connectivity index (χ2v) is 8.71. The monoisotopic (exact) mass is 458 g/mol. The first-order valence-electron chi connectivity index (χ1n) is 9.90. The molecular weight excluding hydrogens is 439 g/mol. The predicted molar refractivity (Wildman–Crippen MR) is 119 cm³/mol. The van der Waals surface area contributed by atoms with Gasteiger partial charge in [-0.25, -0.2) is 4.39 Å². The van der Waals surface area contributed by atoms with E-state index in [1.165, 1.54) is 35.1 Å². The number of anilines is 2. The third-order valence-corrected chi connectivity index (χ3v) is 6.57. The van der Waals surface area contributed by atoms with Crippen molar-refractivity contribution >= 4 is 45.6 Å². The lowest BCUT2D eigenvalue weighted by molar-refractivity contribution is -0.117. The summed E-state index contributed by atoms with van der Waals surface area (Å²) in [7, 11) is 0. The van der Waals surface area contributed by atoms with Gasteiger partial charge in [-0.3, -0.25) is 9.59 Å². The van der Waals surface area contributed by atoms with E-state index in [0.29, 0.717) is 23.1 Å². The van der Waals surface area contributed by atoms with Gasteiger partial charge in [-0.1, -0.05) is 48.1 Å². The normalized spacial score (nSPS) is 16.0. The van der Waals surface area contributed by atoms with Gasteiger partial charge in [0.1, 0.15) is 10.8 Å². The van der Waals surface area contributed by atoms with Gasteiger partial charge in [0.15, 0.2) is 0 Å². The summed E-state index contributed by atoms with van der Waals surface area (Å²) in [5, 5.41) is 12.0. The maximum atomic E-state index is 13.9. The zero-order valence-electron chi connectivity index (χ0n) is 16.8. The second kappa shape index (κ2) is 9.11. The molecule has 0 aliphatic carbocycles. The molecule has 0 bridgehead atoms. The molecule has 1 saturated heterocycles. The Bertz CT molecular complexity index is 1100. The molecule has 3 aromatic rings. The van der Waals surface area contributed by atoms with Crippen LogP contribution >= 0.6 is 22.9 Å². The van der Waals surface area contributed by atoms with Crippen LogP contribution in [-0.4, -0.2) is 28.6 Å². The molecule has 1 unspecified atom stereocenters. The molecule has 0 spiro atoms. The van der Waals surface area contributed by atoms with Crippen LogP contribution in [0.15, 0.2) is 42.5 Å². The summed E-state index contributed by atoms with van der Waals surface area (Å²) in [5.74, 6) is -1.03. The van der Waals surface area contributed by atoms with Crippen molar-refractivity contribution in [3.8, 4) is 0 Å². The van der Waals surface area contributed by atoms with Gasteiger partial charge in [0.2, 0.25) is 16.9 Å². The van der Waals surface area contributed by atoms with E-state index in [1.54, 1.807) is 4.90 Å². The lowest BCUT2D eigenvalue weighted by atomic mass is 10.1. The molecule has 1 aliphatic heterocycles. The van der Waals surface area contributed by atoms with Crippen LogP contribution in [0.1, 0.15) is 35.4 Å². The zero-order chi connectivity index (χ0) is 22.0. The first-order valence-corrected chi connectivity index (χ1v) is 11.1. The zero-order valence-corrected chi connectivity index (χ0v) is 18.3. The number of carbonyl (C=O) groups excluding carboxylic acids is 2. The molecule has 2 aromatic carbocycles. The fourth-order valence-corrected chi connectivity index (χ4v) is 4.59. The minimum Gasteiger partial charge on any atom is -0.312 e. The fourth-order valence-electron chi connectivity index (χ4n) is 3.51. The van der Waals surface area contributed by atoms with Gasteiger partial charge in [0.25, 0.3) is 0 Å². The fraction of sp³-hybridized carbons (Fsp3) is 0.273. The van der Waals surface area contributed by atoms with Crippen LogP contribution in [0.2, 0.25) is 5.02 Å². The molecule has 2 heterocycles. The van der Waals surface area contributed by atoms with Gasteiger partial charge in [0, 0.05) is 35.2 Å². The van der Waals surface area contributed by atoms with Gasteiger partial charge >= 0.3 is 0 Å². The summed E-state index contributed by atoms with van der Waals surface area (Å²) >= 11 is 7.20. The van der Waals surface area contributed by atoms with Crippen LogP contribution in [0, 0.1) is 5.82 Å². The Morgan fingerprint density at radius 2 is 2.03 bits per heavy atom. The highest BCUT2D eigenvalue weighted by Gasteiger charge is 2.34. The van der Waals surface area contributed by atoms with E-state index in [0.717, 1.165) is 12.1 Å². The van der Waals surface area contributed by atoms with Crippen LogP contribution in [0.5, 0.6) is 0 Å². The highest BCUT2D eigenvalue weighted by atomic mass is 35.5. The summed E-state index contributed by atoms with van der Waals surface area (Å²) in [4.78, 5) is 26.6. The first kappa shape index (κ1) is 21.4. The van der Waals surface area contributed by atoms with E-state index in [9.17, 15) is 14.0 Å². The van der Waals surface area contributed by atoms with Crippen LogP contribution in [-0.2, 0) is 22.4 Å². The molecule has 2 amide bonds. The molecule has 4 rings (SSSR count). The summed E-state index contributed by atoms with van der Waals surface area (Å²) in [6.45, 7) is 2.60. The minimum absolute atomic E-state index is 0.0317. The number of benzene rings is 2. The highest BCUT2D eigenvalue weighted by Crippen LogP contribution is 2.34. The average Bonchev–Trinajstić information content (AvgIpc) is 3.37. The molecule has 1 atom stereocenters. The molecule has 0 radical (unpaired) electrons. The number of aromatic nitrogens is 2. The Hall–Kier alpha value is -2.84. The number of hydrogen-bond acceptors (Lipinski definition) is 5. The summed E-state index contributed by atoms with van der Waals surface area (Å²) in [6, 6.07) is 12.2. The minimum atomic E-state index is -0.530. The van der Waals surface area contributed by atoms with E-state index in [-0.39, 0.29) is 28.8 Å².